The Kier molecular flexibility index (Phi) is 9.11. The molecule has 0 aromatic carbocycles. The Hall–Kier alpha value is -4.24. The molecule has 5 rings (SSSR count). The minimum Gasteiger partial charge on any atom is -0.477 e. The Bertz CT molecular complexity index is 1530. The van der Waals surface area contributed by atoms with Crippen LogP contribution in [-0.2, 0) is 30.6 Å². The van der Waals surface area contributed by atoms with E-state index in [0.717, 1.165) is 58.4 Å². The molecule has 1 unspecified atom stereocenters. The van der Waals surface area contributed by atoms with Gasteiger partial charge in [-0.25, -0.2) is 19.3 Å². The SMILES string of the molecule is Nc1nc(C(=NOC2CCCC2)C(=O)NC2C(=O)N3C(C(=O)O)=C(CSc4nnnn4CC(=NO)C(=O)O)CS[C@H]23)cs1. The summed E-state index contributed by atoms with van der Waals surface area (Å²) in [6.07, 6.45) is 3.49. The summed E-state index contributed by atoms with van der Waals surface area (Å²) in [5, 5.41) is 49.6. The number of thioether (sulfide) groups is 2. The Morgan fingerprint density at radius 2 is 2.02 bits per heavy atom. The lowest BCUT2D eigenvalue weighted by atomic mass is 10.0. The second-order valence-corrected chi connectivity index (χ2v) is 12.3. The number of carboxylic acid groups (broad SMARTS) is 2. The van der Waals surface area contributed by atoms with Crippen molar-refractivity contribution in [2.75, 3.05) is 17.2 Å². The molecule has 3 aliphatic rings. The van der Waals surface area contributed by atoms with Gasteiger partial charge in [-0.2, -0.15) is 0 Å². The number of thiazole rings is 1. The van der Waals surface area contributed by atoms with Gasteiger partial charge in [0, 0.05) is 16.9 Å². The van der Waals surface area contributed by atoms with E-state index in [2.05, 4.69) is 36.1 Å². The molecule has 2 fully saturated rings. The van der Waals surface area contributed by atoms with Gasteiger partial charge in [-0.3, -0.25) is 14.5 Å². The molecule has 43 heavy (non-hydrogen) atoms. The topological polar surface area (TPSA) is 261 Å². The molecule has 2 aromatic heterocycles. The van der Waals surface area contributed by atoms with Crippen molar-refractivity contribution < 1.29 is 39.4 Å². The third kappa shape index (κ3) is 6.41. The number of aromatic nitrogens is 5. The van der Waals surface area contributed by atoms with Crippen molar-refractivity contribution in [1.82, 2.24) is 35.4 Å². The number of β-lactam (4-membered cyclic amide) rings is 1. The summed E-state index contributed by atoms with van der Waals surface area (Å²) in [7, 11) is 0. The van der Waals surface area contributed by atoms with E-state index in [-0.39, 0.29) is 45.0 Å². The third-order valence-corrected chi connectivity index (χ3v) is 9.71. The van der Waals surface area contributed by atoms with Gasteiger partial charge in [-0.05, 0) is 41.7 Å². The summed E-state index contributed by atoms with van der Waals surface area (Å²) in [6, 6.07) is -1.02. The number of carbonyl (C=O) groups excluding carboxylic acids is 2. The predicted molar refractivity (Wildman–Crippen MR) is 151 cm³/mol. The molecular weight excluding hydrogens is 629 g/mol. The minimum atomic E-state index is -1.46. The van der Waals surface area contributed by atoms with E-state index in [1.807, 2.05) is 0 Å². The smallest absolute Gasteiger partial charge is 0.355 e. The number of hydrogen-bond donors (Lipinski definition) is 5. The quantitative estimate of drug-likeness (QED) is 0.0655. The van der Waals surface area contributed by atoms with Crippen molar-refractivity contribution in [3.05, 3.63) is 22.3 Å². The lowest BCUT2D eigenvalue weighted by Crippen LogP contribution is -2.71. The van der Waals surface area contributed by atoms with Crippen LogP contribution in [0.5, 0.6) is 0 Å². The molecule has 1 aliphatic carbocycles. The van der Waals surface area contributed by atoms with Crippen molar-refractivity contribution >= 4 is 75.2 Å². The van der Waals surface area contributed by atoms with Gasteiger partial charge in [0.25, 0.3) is 11.8 Å². The highest BCUT2D eigenvalue weighted by molar-refractivity contribution is 8.01. The summed E-state index contributed by atoms with van der Waals surface area (Å²) < 4.78 is 1.08. The van der Waals surface area contributed by atoms with Gasteiger partial charge in [0.15, 0.2) is 16.6 Å². The van der Waals surface area contributed by atoms with E-state index in [1.165, 1.54) is 11.8 Å². The monoisotopic (exact) mass is 652 g/mol. The van der Waals surface area contributed by atoms with Crippen LogP contribution in [0, 0.1) is 0 Å². The average Bonchev–Trinajstić information content (AvgIpc) is 3.76. The van der Waals surface area contributed by atoms with Crippen molar-refractivity contribution in [1.29, 1.82) is 0 Å². The molecule has 0 radical (unpaired) electrons. The lowest BCUT2D eigenvalue weighted by Gasteiger charge is -2.49. The van der Waals surface area contributed by atoms with Crippen LogP contribution in [0.2, 0.25) is 0 Å². The molecule has 0 spiro atoms. The zero-order valence-electron chi connectivity index (χ0n) is 22.0. The highest BCUT2D eigenvalue weighted by Gasteiger charge is 2.54. The lowest BCUT2D eigenvalue weighted by molar-refractivity contribution is -0.150. The first kappa shape index (κ1) is 30.2. The summed E-state index contributed by atoms with van der Waals surface area (Å²) in [5.41, 5.74) is 5.38. The maximum Gasteiger partial charge on any atom is 0.355 e. The van der Waals surface area contributed by atoms with Crippen LogP contribution in [-0.4, -0.2) is 110 Å². The molecule has 0 bridgehead atoms. The fourth-order valence-electron chi connectivity index (χ4n) is 4.56. The van der Waals surface area contributed by atoms with Gasteiger partial charge in [0.05, 0.1) is 6.54 Å². The predicted octanol–water partition coefficient (Wildman–Crippen LogP) is -0.179. The van der Waals surface area contributed by atoms with Crippen molar-refractivity contribution in [3.8, 4) is 0 Å². The fourth-order valence-corrected chi connectivity index (χ4v) is 7.47. The number of rotatable bonds is 12. The van der Waals surface area contributed by atoms with E-state index >= 15 is 0 Å². The van der Waals surface area contributed by atoms with Crippen LogP contribution in [0.15, 0.2) is 32.1 Å². The molecular formula is C22H24N10O8S3. The number of oxime groups is 2. The van der Waals surface area contributed by atoms with E-state index in [1.54, 1.807) is 5.38 Å². The number of anilines is 1. The Balaban J connectivity index is 1.28. The van der Waals surface area contributed by atoms with Crippen LogP contribution in [0.1, 0.15) is 31.4 Å². The van der Waals surface area contributed by atoms with Gasteiger partial charge in [-0.15, -0.1) is 28.2 Å². The van der Waals surface area contributed by atoms with Crippen LogP contribution >= 0.6 is 34.9 Å². The highest BCUT2D eigenvalue weighted by Crippen LogP contribution is 2.41. The first-order valence-corrected chi connectivity index (χ1v) is 15.6. The number of carbonyl (C=O) groups is 4. The Morgan fingerprint density at radius 1 is 1.26 bits per heavy atom. The molecule has 228 valence electrons. The molecule has 21 heteroatoms. The van der Waals surface area contributed by atoms with Crippen molar-refractivity contribution in [2.45, 2.75) is 54.9 Å². The molecule has 1 saturated carbocycles. The maximum absolute atomic E-state index is 13.3. The van der Waals surface area contributed by atoms with E-state index in [4.69, 9.17) is 20.9 Å². The Morgan fingerprint density at radius 3 is 2.67 bits per heavy atom. The highest BCUT2D eigenvalue weighted by atomic mass is 32.2. The second-order valence-electron chi connectivity index (χ2n) is 9.40. The van der Waals surface area contributed by atoms with Gasteiger partial charge in [0.1, 0.15) is 28.9 Å². The number of tetrazole rings is 1. The van der Waals surface area contributed by atoms with Gasteiger partial charge < -0.3 is 31.3 Å². The number of nitrogens with zero attached hydrogens (tertiary/aromatic N) is 8. The second kappa shape index (κ2) is 13.0. The molecule has 18 nitrogen and oxygen atoms in total. The number of aliphatic carboxylic acids is 2. The number of amides is 2. The van der Waals surface area contributed by atoms with Crippen LogP contribution in [0.4, 0.5) is 5.13 Å². The van der Waals surface area contributed by atoms with Crippen LogP contribution in [0.3, 0.4) is 0 Å². The molecule has 4 heterocycles. The van der Waals surface area contributed by atoms with Crippen LogP contribution < -0.4 is 11.1 Å². The summed E-state index contributed by atoms with van der Waals surface area (Å²) in [4.78, 5) is 60.7. The van der Waals surface area contributed by atoms with Gasteiger partial charge in [0.2, 0.25) is 5.16 Å². The van der Waals surface area contributed by atoms with E-state index < -0.39 is 47.4 Å². The number of nitrogens with one attached hydrogen (secondary N) is 1. The molecule has 2 aromatic rings. The maximum atomic E-state index is 13.3. The number of fused-ring (bicyclic) bond motifs is 1. The van der Waals surface area contributed by atoms with Gasteiger partial charge >= 0.3 is 11.9 Å². The minimum absolute atomic E-state index is 0.0573. The largest absolute Gasteiger partial charge is 0.477 e. The molecule has 2 atom stereocenters. The van der Waals surface area contributed by atoms with Crippen molar-refractivity contribution in [2.24, 2.45) is 10.3 Å². The normalized spacial score (nSPS) is 21.0. The zero-order valence-corrected chi connectivity index (χ0v) is 24.5. The fraction of sp³-hybridized carbons (Fsp3) is 0.455. The average molecular weight is 653 g/mol. The first-order valence-electron chi connectivity index (χ1n) is 12.7. The first-order chi connectivity index (χ1) is 20.7. The van der Waals surface area contributed by atoms with Crippen molar-refractivity contribution in [3.63, 3.8) is 0 Å². The molecule has 1 saturated heterocycles. The summed E-state index contributed by atoms with van der Waals surface area (Å²) in [6.45, 7) is -0.431. The number of nitrogen functional groups attached to an aromatic ring is 1. The number of hydrogen-bond acceptors (Lipinski definition) is 16. The standard InChI is InChI=1S/C22H24N10O8S3/c23-21-24-12(8-42-21)13(28-40-10-3-1-2-4-10)16(33)25-14-17(34)32-15(20(37)38)9(6-41-18(14)32)7-43-22-26-29-30-31(22)5-11(27-39)19(35)36/h8,10,14,18,39H,1-7H2,(H2,23,24)(H,25,33)(H,35,36)(H,37,38)/t14?,18-/m1/s1. The van der Waals surface area contributed by atoms with Crippen LogP contribution in [0.25, 0.3) is 0 Å². The summed E-state index contributed by atoms with van der Waals surface area (Å²) >= 11 is 3.40. The summed E-state index contributed by atoms with van der Waals surface area (Å²) in [5.74, 6) is -3.85. The molecule has 6 N–H and O–H groups in total. The van der Waals surface area contributed by atoms with E-state index in [9.17, 15) is 24.3 Å². The zero-order chi connectivity index (χ0) is 30.7. The molecule has 2 aliphatic heterocycles. The Labute approximate surface area is 254 Å². The molecule has 2 amide bonds. The number of nitrogens with two attached hydrogens (primary N) is 1. The third-order valence-electron chi connectivity index (χ3n) is 6.65. The van der Waals surface area contributed by atoms with E-state index in [0.29, 0.717) is 5.57 Å². The number of carboxylic acids is 2. The van der Waals surface area contributed by atoms with Gasteiger partial charge in [-0.1, -0.05) is 22.1 Å².